The topological polar surface area (TPSA) is 37.3 Å². The highest BCUT2D eigenvalue weighted by Gasteiger charge is 2.24. The van der Waals surface area contributed by atoms with Crippen LogP contribution in [-0.4, -0.2) is 11.1 Å². The van der Waals surface area contributed by atoms with E-state index in [1.165, 1.54) is 25.7 Å². The maximum absolute atomic E-state index is 10.4. The summed E-state index contributed by atoms with van der Waals surface area (Å²) in [7, 11) is 0. The maximum atomic E-state index is 10.4. The largest absolute Gasteiger partial charge is 0.481 e. The fourth-order valence-corrected chi connectivity index (χ4v) is 2.23. The first-order valence-corrected chi connectivity index (χ1v) is 5.82. The second-order valence-electron chi connectivity index (χ2n) is 4.20. The highest BCUT2D eigenvalue weighted by Crippen LogP contribution is 2.37. The molecular formula is C12H24O2. The van der Waals surface area contributed by atoms with Gasteiger partial charge >= 0.3 is 5.97 Å². The van der Waals surface area contributed by atoms with Crippen molar-refractivity contribution < 1.29 is 9.90 Å². The highest BCUT2D eigenvalue weighted by molar-refractivity contribution is 5.66. The molecule has 0 aliphatic carbocycles. The van der Waals surface area contributed by atoms with Crippen LogP contribution in [0.15, 0.2) is 0 Å². The van der Waals surface area contributed by atoms with Crippen molar-refractivity contribution in [3.63, 3.8) is 0 Å². The van der Waals surface area contributed by atoms with E-state index in [1.54, 1.807) is 0 Å². The Morgan fingerprint density at radius 1 is 1.14 bits per heavy atom. The van der Waals surface area contributed by atoms with Crippen LogP contribution in [-0.2, 0) is 4.79 Å². The summed E-state index contributed by atoms with van der Waals surface area (Å²) in [5.74, 6) is -0.664. The van der Waals surface area contributed by atoms with Crippen LogP contribution in [0.2, 0.25) is 0 Å². The number of carboxylic acids is 1. The van der Waals surface area contributed by atoms with Crippen LogP contribution in [0.4, 0.5) is 0 Å². The van der Waals surface area contributed by atoms with E-state index in [0.717, 1.165) is 12.8 Å². The van der Waals surface area contributed by atoms with E-state index in [1.807, 2.05) is 0 Å². The number of hydrogen-bond donors (Lipinski definition) is 1. The molecule has 0 fully saturated rings. The van der Waals surface area contributed by atoms with E-state index in [9.17, 15) is 4.79 Å². The summed E-state index contributed by atoms with van der Waals surface area (Å²) in [5.41, 5.74) is 0.407. The highest BCUT2D eigenvalue weighted by atomic mass is 16.4. The van der Waals surface area contributed by atoms with E-state index >= 15 is 0 Å². The van der Waals surface area contributed by atoms with Crippen LogP contribution >= 0.6 is 0 Å². The monoisotopic (exact) mass is 200 g/mol. The molecular weight excluding hydrogens is 176 g/mol. The first-order valence-electron chi connectivity index (χ1n) is 5.82. The summed E-state index contributed by atoms with van der Waals surface area (Å²) in [6, 6.07) is 0. The van der Waals surface area contributed by atoms with Gasteiger partial charge in [0.05, 0.1) is 0 Å². The molecule has 0 radical (unpaired) electrons. The third-order valence-electron chi connectivity index (χ3n) is 3.38. The molecule has 0 heterocycles. The van der Waals surface area contributed by atoms with E-state index in [-0.39, 0.29) is 0 Å². The van der Waals surface area contributed by atoms with Crippen molar-refractivity contribution >= 4 is 5.97 Å². The van der Waals surface area contributed by atoms with Crippen LogP contribution in [0.1, 0.15) is 65.7 Å². The molecule has 84 valence electrons. The van der Waals surface area contributed by atoms with E-state index in [4.69, 9.17) is 5.11 Å². The third-order valence-corrected chi connectivity index (χ3v) is 3.38. The van der Waals surface area contributed by atoms with Gasteiger partial charge in [0, 0.05) is 6.42 Å². The Kier molecular flexibility index (Phi) is 6.60. The smallest absolute Gasteiger partial charge is 0.303 e. The van der Waals surface area contributed by atoms with Gasteiger partial charge < -0.3 is 5.11 Å². The molecule has 0 saturated heterocycles. The maximum Gasteiger partial charge on any atom is 0.303 e. The lowest BCUT2D eigenvalue weighted by Crippen LogP contribution is -2.19. The number of carbonyl (C=O) groups is 1. The number of carboxylic acid groups (broad SMARTS) is 1. The predicted octanol–water partition coefficient (Wildman–Crippen LogP) is 3.85. The van der Waals surface area contributed by atoms with Crippen molar-refractivity contribution in [3.8, 4) is 0 Å². The predicted molar refractivity (Wildman–Crippen MR) is 59.4 cm³/mol. The summed E-state index contributed by atoms with van der Waals surface area (Å²) >= 11 is 0. The average Bonchev–Trinajstić information content (AvgIpc) is 2.16. The Morgan fingerprint density at radius 2 is 1.71 bits per heavy atom. The fourth-order valence-electron chi connectivity index (χ4n) is 2.23. The quantitative estimate of drug-likeness (QED) is 0.646. The average molecular weight is 200 g/mol. The Balaban J connectivity index is 4.00. The number of aliphatic carboxylic acids is 1. The molecule has 0 amide bonds. The van der Waals surface area contributed by atoms with E-state index in [0.29, 0.717) is 11.8 Å². The minimum absolute atomic E-state index is 0.325. The van der Waals surface area contributed by atoms with Crippen LogP contribution in [0.5, 0.6) is 0 Å². The van der Waals surface area contributed by atoms with Gasteiger partial charge in [-0.25, -0.2) is 0 Å². The zero-order chi connectivity index (χ0) is 11.0. The summed E-state index contributed by atoms with van der Waals surface area (Å²) < 4.78 is 0. The SMILES string of the molecule is CCCC(CC)(CC)CCCC(=O)O. The van der Waals surface area contributed by atoms with Crippen molar-refractivity contribution in [2.24, 2.45) is 5.41 Å². The van der Waals surface area contributed by atoms with Crippen LogP contribution in [0.3, 0.4) is 0 Å². The molecule has 0 aromatic rings. The Morgan fingerprint density at radius 3 is 2.07 bits per heavy atom. The summed E-state index contributed by atoms with van der Waals surface area (Å²) in [5, 5.41) is 8.59. The molecule has 0 aromatic heterocycles. The van der Waals surface area contributed by atoms with E-state index in [2.05, 4.69) is 20.8 Å². The lowest BCUT2D eigenvalue weighted by molar-refractivity contribution is -0.137. The minimum atomic E-state index is -0.664. The van der Waals surface area contributed by atoms with Crippen LogP contribution in [0, 0.1) is 5.41 Å². The summed E-state index contributed by atoms with van der Waals surface area (Å²) in [4.78, 5) is 10.4. The summed E-state index contributed by atoms with van der Waals surface area (Å²) in [6.45, 7) is 6.65. The van der Waals surface area contributed by atoms with E-state index < -0.39 is 5.97 Å². The van der Waals surface area contributed by atoms with Crippen LogP contribution < -0.4 is 0 Å². The van der Waals surface area contributed by atoms with Gasteiger partial charge in [-0.05, 0) is 24.7 Å². The Labute approximate surface area is 87.7 Å². The van der Waals surface area contributed by atoms with Gasteiger partial charge in [-0.2, -0.15) is 0 Å². The van der Waals surface area contributed by atoms with Gasteiger partial charge in [0.25, 0.3) is 0 Å². The van der Waals surface area contributed by atoms with Crippen molar-refractivity contribution in [3.05, 3.63) is 0 Å². The molecule has 0 atom stereocenters. The van der Waals surface area contributed by atoms with Gasteiger partial charge in [-0.1, -0.05) is 40.0 Å². The summed E-state index contributed by atoms with van der Waals surface area (Å²) in [6.07, 6.45) is 7.02. The van der Waals surface area contributed by atoms with Crippen LogP contribution in [0.25, 0.3) is 0 Å². The molecule has 0 saturated carbocycles. The zero-order valence-electron chi connectivity index (χ0n) is 9.81. The molecule has 0 unspecified atom stereocenters. The van der Waals surface area contributed by atoms with Gasteiger partial charge in [0.1, 0.15) is 0 Å². The first kappa shape index (κ1) is 13.5. The third kappa shape index (κ3) is 4.64. The Bertz CT molecular complexity index is 160. The minimum Gasteiger partial charge on any atom is -0.481 e. The lowest BCUT2D eigenvalue weighted by atomic mass is 9.74. The van der Waals surface area contributed by atoms with Crippen molar-refractivity contribution in [1.29, 1.82) is 0 Å². The molecule has 0 aliphatic rings. The lowest BCUT2D eigenvalue weighted by Gasteiger charge is -2.31. The van der Waals surface area contributed by atoms with Crippen molar-refractivity contribution in [2.75, 3.05) is 0 Å². The fraction of sp³-hybridized carbons (Fsp3) is 0.917. The second-order valence-corrected chi connectivity index (χ2v) is 4.20. The molecule has 14 heavy (non-hydrogen) atoms. The second kappa shape index (κ2) is 6.86. The van der Waals surface area contributed by atoms with Crippen molar-refractivity contribution in [2.45, 2.75) is 65.7 Å². The molecule has 2 heteroatoms. The molecule has 0 aliphatic heterocycles. The molecule has 0 rings (SSSR count). The van der Waals surface area contributed by atoms with Gasteiger partial charge in [0.15, 0.2) is 0 Å². The number of hydrogen-bond acceptors (Lipinski definition) is 1. The normalized spacial score (nSPS) is 11.6. The molecule has 2 nitrogen and oxygen atoms in total. The zero-order valence-corrected chi connectivity index (χ0v) is 9.81. The molecule has 0 bridgehead atoms. The molecule has 1 N–H and O–H groups in total. The Hall–Kier alpha value is -0.530. The molecule has 0 spiro atoms. The standard InChI is InChI=1S/C12H24O2/c1-4-9-12(5-2,6-3)10-7-8-11(13)14/h4-10H2,1-3H3,(H,13,14). The van der Waals surface area contributed by atoms with Gasteiger partial charge in [0.2, 0.25) is 0 Å². The number of rotatable bonds is 8. The van der Waals surface area contributed by atoms with Crippen molar-refractivity contribution in [1.82, 2.24) is 0 Å². The van der Waals surface area contributed by atoms with Gasteiger partial charge in [-0.15, -0.1) is 0 Å². The molecule has 0 aromatic carbocycles. The first-order chi connectivity index (χ1) is 6.60. The van der Waals surface area contributed by atoms with Gasteiger partial charge in [-0.3, -0.25) is 4.79 Å².